The third-order valence-corrected chi connectivity index (χ3v) is 5.83. The largest absolute Gasteiger partial charge is 0.325 e. The highest BCUT2D eigenvalue weighted by molar-refractivity contribution is 6.10. The molecule has 3 aromatic rings. The molecule has 36 heavy (non-hydrogen) atoms. The molecule has 1 aliphatic rings. The number of benzene rings is 3. The Hall–Kier alpha value is -4.78. The third kappa shape index (κ3) is 5.47. The molecule has 4 amide bonds. The summed E-state index contributed by atoms with van der Waals surface area (Å²) in [6, 6.07) is 24.4. The smallest absolute Gasteiger partial charge is 0.325 e. The van der Waals surface area contributed by atoms with E-state index < -0.39 is 29.9 Å². The number of allylic oxidation sites excluding steroid dienone is 3. The van der Waals surface area contributed by atoms with E-state index in [1.807, 2.05) is 42.5 Å². The quantitative estimate of drug-likeness (QED) is 0.215. The second-order valence-corrected chi connectivity index (χ2v) is 8.43. The Morgan fingerprint density at radius 3 is 2.19 bits per heavy atom. The van der Waals surface area contributed by atoms with E-state index in [4.69, 9.17) is 0 Å². The third-order valence-electron chi connectivity index (χ3n) is 5.83. The van der Waals surface area contributed by atoms with Gasteiger partial charge in [0, 0.05) is 11.3 Å². The van der Waals surface area contributed by atoms with E-state index in [2.05, 4.69) is 10.6 Å². The van der Waals surface area contributed by atoms with Crippen molar-refractivity contribution in [2.75, 3.05) is 11.9 Å². The van der Waals surface area contributed by atoms with Crippen LogP contribution < -0.4 is 10.6 Å². The minimum Gasteiger partial charge on any atom is -0.325 e. The molecular weight excluding hydrogens is 454 g/mol. The van der Waals surface area contributed by atoms with Crippen molar-refractivity contribution in [3.05, 3.63) is 120 Å². The van der Waals surface area contributed by atoms with Gasteiger partial charge in [-0.05, 0) is 48.4 Å². The number of hydrogen-bond acceptors (Lipinski definition) is 4. The Balaban J connectivity index is 1.33. The first-order valence-corrected chi connectivity index (χ1v) is 11.4. The number of amides is 4. The predicted molar refractivity (Wildman–Crippen MR) is 138 cm³/mol. The van der Waals surface area contributed by atoms with Crippen LogP contribution in [0.3, 0.4) is 0 Å². The summed E-state index contributed by atoms with van der Waals surface area (Å²) in [6.45, 7) is 1.19. The van der Waals surface area contributed by atoms with Gasteiger partial charge in [0.15, 0.2) is 5.78 Å². The summed E-state index contributed by atoms with van der Waals surface area (Å²) in [5.41, 5.74) is 1.35. The van der Waals surface area contributed by atoms with Gasteiger partial charge >= 0.3 is 6.03 Å². The summed E-state index contributed by atoms with van der Waals surface area (Å²) in [6.07, 6.45) is 6.83. The van der Waals surface area contributed by atoms with Crippen molar-refractivity contribution in [2.24, 2.45) is 0 Å². The average molecular weight is 480 g/mol. The molecule has 1 saturated heterocycles. The van der Waals surface area contributed by atoms with Gasteiger partial charge < -0.3 is 10.6 Å². The number of urea groups is 1. The number of carbonyl (C=O) groups is 4. The Labute approximate surface area is 209 Å². The minimum absolute atomic E-state index is 0.176. The van der Waals surface area contributed by atoms with Crippen molar-refractivity contribution in [2.45, 2.75) is 12.5 Å². The fourth-order valence-corrected chi connectivity index (χ4v) is 3.84. The Morgan fingerprint density at radius 2 is 1.53 bits per heavy atom. The molecule has 1 heterocycles. The Kier molecular flexibility index (Phi) is 7.20. The maximum absolute atomic E-state index is 12.9. The van der Waals surface area contributed by atoms with Gasteiger partial charge in [-0.25, -0.2) is 4.79 Å². The number of carbonyl (C=O) groups excluding carboxylic acids is 4. The van der Waals surface area contributed by atoms with Gasteiger partial charge in [0.2, 0.25) is 5.91 Å². The zero-order valence-corrected chi connectivity index (χ0v) is 19.7. The lowest BCUT2D eigenvalue weighted by atomic mass is 9.92. The van der Waals surface area contributed by atoms with Crippen LogP contribution in [-0.2, 0) is 15.1 Å². The van der Waals surface area contributed by atoms with Crippen LogP contribution in [0.25, 0.3) is 6.08 Å². The SMILES string of the molecule is CC1(c2ccccc2)NC(=O)N(CC(=O)Nc2ccc(C(=O)/C=C/C=C/c3ccccc3)cc2)C1=O. The lowest BCUT2D eigenvalue weighted by Gasteiger charge is -2.22. The lowest BCUT2D eigenvalue weighted by Crippen LogP contribution is -2.42. The van der Waals surface area contributed by atoms with E-state index in [1.165, 1.54) is 6.08 Å². The van der Waals surface area contributed by atoms with Gasteiger partial charge in [0.1, 0.15) is 12.1 Å². The van der Waals surface area contributed by atoms with E-state index in [0.717, 1.165) is 10.5 Å². The summed E-state index contributed by atoms with van der Waals surface area (Å²) < 4.78 is 0. The number of anilines is 1. The van der Waals surface area contributed by atoms with Crippen LogP contribution in [-0.4, -0.2) is 35.1 Å². The summed E-state index contributed by atoms with van der Waals surface area (Å²) in [5.74, 6) is -1.20. The van der Waals surface area contributed by atoms with Gasteiger partial charge in [-0.1, -0.05) is 78.9 Å². The number of nitrogens with one attached hydrogen (secondary N) is 2. The van der Waals surface area contributed by atoms with E-state index in [1.54, 1.807) is 67.6 Å². The van der Waals surface area contributed by atoms with Crippen LogP contribution in [0.5, 0.6) is 0 Å². The zero-order valence-electron chi connectivity index (χ0n) is 19.7. The van der Waals surface area contributed by atoms with E-state index in [0.29, 0.717) is 16.8 Å². The van der Waals surface area contributed by atoms with E-state index in [9.17, 15) is 19.2 Å². The number of imide groups is 1. The Bertz CT molecular complexity index is 1330. The highest BCUT2D eigenvalue weighted by Crippen LogP contribution is 2.28. The first kappa shape index (κ1) is 24.3. The fraction of sp³-hybridized carbons (Fsp3) is 0.103. The predicted octanol–water partition coefficient (Wildman–Crippen LogP) is 4.54. The lowest BCUT2D eigenvalue weighted by molar-refractivity contribution is -0.133. The van der Waals surface area contributed by atoms with Crippen LogP contribution >= 0.6 is 0 Å². The highest BCUT2D eigenvalue weighted by Gasteiger charge is 2.49. The minimum atomic E-state index is -1.23. The topological polar surface area (TPSA) is 95.6 Å². The van der Waals surface area contributed by atoms with Crippen LogP contribution in [0.1, 0.15) is 28.4 Å². The van der Waals surface area contributed by atoms with Crippen LogP contribution in [0.15, 0.2) is 103 Å². The molecule has 1 aliphatic heterocycles. The van der Waals surface area contributed by atoms with Crippen molar-refractivity contribution < 1.29 is 19.2 Å². The zero-order chi connectivity index (χ0) is 25.5. The van der Waals surface area contributed by atoms with E-state index in [-0.39, 0.29) is 5.78 Å². The highest BCUT2D eigenvalue weighted by atomic mass is 16.2. The fourth-order valence-electron chi connectivity index (χ4n) is 3.84. The van der Waals surface area contributed by atoms with Gasteiger partial charge in [-0.3, -0.25) is 19.3 Å². The molecule has 0 aliphatic carbocycles. The van der Waals surface area contributed by atoms with Gasteiger partial charge in [-0.15, -0.1) is 0 Å². The number of hydrogen-bond donors (Lipinski definition) is 2. The maximum atomic E-state index is 12.9. The summed E-state index contributed by atoms with van der Waals surface area (Å²) in [4.78, 5) is 51.2. The van der Waals surface area contributed by atoms with Crippen molar-refractivity contribution in [3.8, 4) is 0 Å². The maximum Gasteiger partial charge on any atom is 0.325 e. The molecule has 0 spiro atoms. The van der Waals surface area contributed by atoms with E-state index >= 15 is 0 Å². The normalized spacial score (nSPS) is 17.5. The molecule has 0 saturated carbocycles. The molecule has 0 aromatic heterocycles. The molecule has 0 radical (unpaired) electrons. The average Bonchev–Trinajstić information content (AvgIpc) is 3.11. The summed E-state index contributed by atoms with van der Waals surface area (Å²) in [7, 11) is 0. The summed E-state index contributed by atoms with van der Waals surface area (Å²) >= 11 is 0. The van der Waals surface area contributed by atoms with Crippen molar-refractivity contribution in [3.63, 3.8) is 0 Å². The second kappa shape index (κ2) is 10.7. The number of rotatable bonds is 8. The monoisotopic (exact) mass is 479 g/mol. The molecule has 4 rings (SSSR count). The second-order valence-electron chi connectivity index (χ2n) is 8.43. The number of ketones is 1. The number of nitrogens with zero attached hydrogens (tertiary/aromatic N) is 1. The molecule has 180 valence electrons. The van der Waals surface area contributed by atoms with Gasteiger partial charge in [-0.2, -0.15) is 0 Å². The first-order chi connectivity index (χ1) is 17.4. The van der Waals surface area contributed by atoms with Crippen LogP contribution in [0, 0.1) is 0 Å². The molecule has 1 fully saturated rings. The van der Waals surface area contributed by atoms with Gasteiger partial charge in [0.25, 0.3) is 5.91 Å². The van der Waals surface area contributed by atoms with Gasteiger partial charge in [0.05, 0.1) is 0 Å². The standard InChI is InChI=1S/C29H25N3O4/c1-29(23-13-6-3-7-14-23)27(35)32(28(36)31-29)20-26(34)30-24-18-16-22(17-19-24)25(33)15-9-8-12-21-10-4-2-5-11-21/h2-19H,20H2,1H3,(H,30,34)(H,31,36)/b12-8+,15-9+. The molecule has 3 aromatic carbocycles. The van der Waals surface area contributed by atoms with Crippen LogP contribution in [0.4, 0.5) is 10.5 Å². The molecule has 7 nitrogen and oxygen atoms in total. The molecule has 0 bridgehead atoms. The first-order valence-electron chi connectivity index (χ1n) is 11.4. The molecular formula is C29H25N3O4. The van der Waals surface area contributed by atoms with Crippen molar-refractivity contribution >= 4 is 35.4 Å². The van der Waals surface area contributed by atoms with Crippen molar-refractivity contribution in [1.29, 1.82) is 0 Å². The van der Waals surface area contributed by atoms with Crippen LogP contribution in [0.2, 0.25) is 0 Å². The molecule has 1 atom stereocenters. The molecule has 7 heteroatoms. The molecule has 2 N–H and O–H groups in total. The summed E-state index contributed by atoms with van der Waals surface area (Å²) in [5, 5.41) is 5.33. The Morgan fingerprint density at radius 1 is 0.889 bits per heavy atom. The molecule has 1 unspecified atom stereocenters. The van der Waals surface area contributed by atoms with Crippen molar-refractivity contribution in [1.82, 2.24) is 10.2 Å².